The van der Waals surface area contributed by atoms with E-state index in [0.29, 0.717) is 6.04 Å². The van der Waals surface area contributed by atoms with Crippen LogP contribution in [-0.4, -0.2) is 26.2 Å². The third-order valence-electron chi connectivity index (χ3n) is 6.42. The van der Waals surface area contributed by atoms with Crippen LogP contribution >= 0.6 is 35.0 Å². The van der Waals surface area contributed by atoms with Crippen molar-refractivity contribution in [2.75, 3.05) is 26.2 Å². The molecule has 0 aliphatic carbocycles. The minimum Gasteiger partial charge on any atom is -0.322 e. The molecule has 1 fully saturated rings. The molecule has 3 aromatic rings. The Morgan fingerprint density at radius 1 is 0.867 bits per heavy atom. The Kier molecular flexibility index (Phi) is 6.08. The Morgan fingerprint density at radius 2 is 1.67 bits per heavy atom. The number of fused-ring (bicyclic) bond motifs is 2. The molecule has 0 saturated carbocycles. The van der Waals surface area contributed by atoms with Crippen molar-refractivity contribution >= 4 is 35.0 Å². The second-order valence-electron chi connectivity index (χ2n) is 8.34. The number of rotatable bonds is 3. The summed E-state index contributed by atoms with van der Waals surface area (Å²) < 4.78 is 0. The van der Waals surface area contributed by atoms with E-state index >= 15 is 0 Å². The lowest BCUT2D eigenvalue weighted by Gasteiger charge is -2.35. The Morgan fingerprint density at radius 3 is 2.47 bits per heavy atom. The number of quaternary nitrogens is 2. The summed E-state index contributed by atoms with van der Waals surface area (Å²) in [6, 6.07) is 24.0. The van der Waals surface area contributed by atoms with Crippen molar-refractivity contribution in [1.29, 1.82) is 0 Å². The zero-order valence-corrected chi connectivity index (χ0v) is 19.2. The summed E-state index contributed by atoms with van der Waals surface area (Å²) >= 11 is 14.8. The first-order valence-electron chi connectivity index (χ1n) is 10.6. The zero-order valence-electron chi connectivity index (χ0n) is 16.8. The Balaban J connectivity index is 1.39. The lowest BCUT2D eigenvalue weighted by Crippen LogP contribution is -3.27. The van der Waals surface area contributed by atoms with Gasteiger partial charge in [-0.05, 0) is 29.8 Å². The van der Waals surface area contributed by atoms with Crippen molar-refractivity contribution in [1.82, 2.24) is 0 Å². The molecule has 0 bridgehead atoms. The quantitative estimate of drug-likeness (QED) is 0.610. The van der Waals surface area contributed by atoms with E-state index in [1.165, 1.54) is 52.7 Å². The van der Waals surface area contributed by atoms with Crippen molar-refractivity contribution in [3.05, 3.63) is 93.5 Å². The average Bonchev–Trinajstić information content (AvgIpc) is 2.93. The maximum atomic E-state index is 6.67. The summed E-state index contributed by atoms with van der Waals surface area (Å²) in [5.74, 6) is 0. The van der Waals surface area contributed by atoms with Crippen molar-refractivity contribution < 1.29 is 9.80 Å². The highest BCUT2D eigenvalue weighted by Crippen LogP contribution is 2.44. The first-order valence-corrected chi connectivity index (χ1v) is 12.2. The summed E-state index contributed by atoms with van der Waals surface area (Å²) in [7, 11) is 0. The predicted octanol–water partition coefficient (Wildman–Crippen LogP) is 3.73. The minimum absolute atomic E-state index is 0.421. The standard InChI is InChI=1S/C25H24Cl2N2S/c26-20-9-10-24-19(15-20)16-23(21-7-4-8-22(27)25(21)30-24)29-13-11-28(12-14-29)17-18-5-2-1-3-6-18/h1-10,15,23H,11-14,16-17H2/p+2/t23-/m0/s1. The Hall–Kier alpha value is -1.49. The monoisotopic (exact) mass is 456 g/mol. The lowest BCUT2D eigenvalue weighted by molar-refractivity contribution is -1.03. The minimum atomic E-state index is 0.421. The van der Waals surface area contributed by atoms with E-state index < -0.39 is 0 Å². The van der Waals surface area contributed by atoms with E-state index in [0.717, 1.165) is 23.0 Å². The molecule has 0 aromatic heterocycles. The molecule has 5 rings (SSSR count). The van der Waals surface area contributed by atoms with Crippen LogP contribution in [0.5, 0.6) is 0 Å². The van der Waals surface area contributed by atoms with Crippen molar-refractivity contribution in [2.45, 2.75) is 28.8 Å². The molecule has 1 saturated heterocycles. The van der Waals surface area contributed by atoms with Gasteiger partial charge in [-0.2, -0.15) is 0 Å². The number of halogens is 2. The van der Waals surface area contributed by atoms with Crippen LogP contribution in [0.15, 0.2) is 76.5 Å². The van der Waals surface area contributed by atoms with E-state index in [1.807, 2.05) is 12.1 Å². The maximum absolute atomic E-state index is 6.67. The van der Waals surface area contributed by atoms with Gasteiger partial charge in [-0.1, -0.05) is 77.4 Å². The van der Waals surface area contributed by atoms with Gasteiger partial charge in [0.1, 0.15) is 38.8 Å². The fourth-order valence-corrected chi connectivity index (χ4v) is 6.47. The second kappa shape index (κ2) is 8.94. The van der Waals surface area contributed by atoms with Gasteiger partial charge < -0.3 is 9.80 Å². The SMILES string of the molecule is Clc1ccc2c(c1)C[C@H]([NH+]1CC[NH+](Cc3ccccc3)CC1)c1cccc(Cl)c1S2. The highest BCUT2D eigenvalue weighted by Gasteiger charge is 2.35. The molecule has 0 unspecified atom stereocenters. The normalized spacial score (nSPS) is 23.3. The molecule has 3 aromatic carbocycles. The number of benzene rings is 3. The molecule has 154 valence electrons. The number of hydrogen-bond acceptors (Lipinski definition) is 1. The first kappa shape index (κ1) is 20.4. The van der Waals surface area contributed by atoms with Gasteiger partial charge in [0.2, 0.25) is 0 Å². The predicted molar refractivity (Wildman–Crippen MR) is 125 cm³/mol. The van der Waals surface area contributed by atoms with Crippen molar-refractivity contribution in [3.63, 3.8) is 0 Å². The Bertz CT molecular complexity index is 1030. The Labute approximate surface area is 192 Å². The molecule has 5 heteroatoms. The largest absolute Gasteiger partial charge is 0.322 e. The van der Waals surface area contributed by atoms with Gasteiger partial charge in [-0.3, -0.25) is 0 Å². The fourth-order valence-electron chi connectivity index (χ4n) is 4.85. The average molecular weight is 457 g/mol. The number of hydrogen-bond donors (Lipinski definition) is 2. The number of nitrogens with one attached hydrogen (secondary N) is 2. The van der Waals surface area contributed by atoms with Crippen LogP contribution in [0.3, 0.4) is 0 Å². The van der Waals surface area contributed by atoms with Crippen LogP contribution in [0.1, 0.15) is 22.7 Å². The second-order valence-corrected chi connectivity index (χ2v) is 10.2. The summed E-state index contributed by atoms with van der Waals surface area (Å²) in [6.45, 7) is 5.88. The molecule has 0 spiro atoms. The molecular weight excluding hydrogens is 431 g/mol. The van der Waals surface area contributed by atoms with Gasteiger partial charge in [0.25, 0.3) is 0 Å². The molecule has 1 atom stereocenters. The van der Waals surface area contributed by atoms with Gasteiger partial charge >= 0.3 is 0 Å². The maximum Gasteiger partial charge on any atom is 0.128 e. The first-order chi connectivity index (χ1) is 14.7. The van der Waals surface area contributed by atoms with Crippen molar-refractivity contribution in [2.24, 2.45) is 0 Å². The van der Waals surface area contributed by atoms with E-state index in [4.69, 9.17) is 23.2 Å². The molecule has 2 heterocycles. The summed E-state index contributed by atoms with van der Waals surface area (Å²) in [5.41, 5.74) is 4.17. The van der Waals surface area contributed by atoms with Crippen LogP contribution < -0.4 is 9.80 Å². The van der Waals surface area contributed by atoms with Gasteiger partial charge in [-0.15, -0.1) is 0 Å². The van der Waals surface area contributed by atoms with Crippen LogP contribution in [0.25, 0.3) is 0 Å². The van der Waals surface area contributed by atoms with E-state index in [1.54, 1.807) is 21.6 Å². The fraction of sp³-hybridized carbons (Fsp3) is 0.280. The van der Waals surface area contributed by atoms with Gasteiger partial charge in [0, 0.05) is 32.4 Å². The van der Waals surface area contributed by atoms with Gasteiger partial charge in [-0.25, -0.2) is 0 Å². The third-order valence-corrected chi connectivity index (χ3v) is 8.36. The molecular formula is C25H26Cl2N2S+2. The van der Waals surface area contributed by atoms with E-state index in [2.05, 4.69) is 54.6 Å². The number of piperazine rings is 1. The molecule has 2 nitrogen and oxygen atoms in total. The van der Waals surface area contributed by atoms with E-state index in [-0.39, 0.29) is 0 Å². The van der Waals surface area contributed by atoms with Gasteiger partial charge in [0.05, 0.1) is 5.02 Å². The van der Waals surface area contributed by atoms with Crippen molar-refractivity contribution in [3.8, 4) is 0 Å². The van der Waals surface area contributed by atoms with Crippen LogP contribution in [0, 0.1) is 0 Å². The smallest absolute Gasteiger partial charge is 0.128 e. The summed E-state index contributed by atoms with van der Waals surface area (Å²) in [4.78, 5) is 5.85. The molecule has 2 aliphatic rings. The highest BCUT2D eigenvalue weighted by molar-refractivity contribution is 7.99. The topological polar surface area (TPSA) is 8.88 Å². The molecule has 2 N–H and O–H groups in total. The third kappa shape index (κ3) is 4.28. The van der Waals surface area contributed by atoms with Gasteiger partial charge in [0.15, 0.2) is 0 Å². The zero-order chi connectivity index (χ0) is 20.5. The summed E-state index contributed by atoms with van der Waals surface area (Å²) in [5, 5.41) is 1.68. The molecule has 0 amide bonds. The molecule has 30 heavy (non-hydrogen) atoms. The van der Waals surface area contributed by atoms with Crippen LogP contribution in [-0.2, 0) is 13.0 Å². The summed E-state index contributed by atoms with van der Waals surface area (Å²) in [6.07, 6.45) is 1.01. The lowest BCUT2D eigenvalue weighted by atomic mass is 9.96. The highest BCUT2D eigenvalue weighted by atomic mass is 35.5. The molecule has 0 radical (unpaired) electrons. The molecule has 2 aliphatic heterocycles. The van der Waals surface area contributed by atoms with Crippen LogP contribution in [0.4, 0.5) is 0 Å². The van der Waals surface area contributed by atoms with Crippen LogP contribution in [0.2, 0.25) is 10.0 Å². The van der Waals surface area contributed by atoms with E-state index in [9.17, 15) is 0 Å².